The summed E-state index contributed by atoms with van der Waals surface area (Å²) in [5, 5.41) is 11.7. The first-order chi connectivity index (χ1) is 13.7. The monoisotopic (exact) mass is 376 g/mol. The number of amides is 1. The van der Waals surface area contributed by atoms with Crippen molar-refractivity contribution in [2.75, 3.05) is 12.4 Å². The lowest BCUT2D eigenvalue weighted by atomic mass is 10.1. The predicted molar refractivity (Wildman–Crippen MR) is 108 cm³/mol. The van der Waals surface area contributed by atoms with Gasteiger partial charge in [-0.05, 0) is 54.8 Å². The average molecular weight is 376 g/mol. The fraction of sp³-hybridized carbons (Fsp3) is 0.318. The zero-order chi connectivity index (χ0) is 19.3. The molecule has 0 saturated carbocycles. The zero-order valence-corrected chi connectivity index (χ0v) is 16.0. The van der Waals surface area contributed by atoms with Crippen LogP contribution < -0.4 is 5.32 Å². The molecular formula is C22H24N4O2. The fourth-order valence-electron chi connectivity index (χ4n) is 3.57. The second kappa shape index (κ2) is 8.35. The second-order valence-corrected chi connectivity index (χ2v) is 7.07. The summed E-state index contributed by atoms with van der Waals surface area (Å²) in [6, 6.07) is 15.2. The van der Waals surface area contributed by atoms with E-state index in [9.17, 15) is 4.79 Å². The number of hydrogen-bond acceptors (Lipinski definition) is 4. The van der Waals surface area contributed by atoms with Crippen LogP contribution in [0, 0.1) is 0 Å². The number of nitrogens with zero attached hydrogens (tertiary/aromatic N) is 3. The van der Waals surface area contributed by atoms with Crippen LogP contribution in [0.2, 0.25) is 0 Å². The van der Waals surface area contributed by atoms with Crippen LogP contribution in [0.15, 0.2) is 48.5 Å². The molecule has 0 unspecified atom stereocenters. The number of benzene rings is 2. The van der Waals surface area contributed by atoms with E-state index in [1.54, 1.807) is 13.2 Å². The number of rotatable bonds is 5. The Kier molecular flexibility index (Phi) is 5.48. The molecule has 0 fully saturated rings. The summed E-state index contributed by atoms with van der Waals surface area (Å²) >= 11 is 0. The molecule has 1 aromatic heterocycles. The summed E-state index contributed by atoms with van der Waals surface area (Å²) in [6.45, 7) is 1.45. The SMILES string of the molecule is COCc1cccc(C(=O)Nc2ccc(-c3nnc4n3CCCCC4)cc2)c1. The summed E-state index contributed by atoms with van der Waals surface area (Å²) in [5.41, 5.74) is 3.35. The van der Waals surface area contributed by atoms with E-state index in [-0.39, 0.29) is 5.91 Å². The normalized spacial score (nSPS) is 13.6. The summed E-state index contributed by atoms with van der Waals surface area (Å²) < 4.78 is 7.36. The van der Waals surface area contributed by atoms with Gasteiger partial charge in [-0.3, -0.25) is 4.79 Å². The summed E-state index contributed by atoms with van der Waals surface area (Å²) in [4.78, 5) is 12.5. The number of aryl methyl sites for hydroxylation is 1. The highest BCUT2D eigenvalue weighted by atomic mass is 16.5. The predicted octanol–water partition coefficient (Wildman–Crippen LogP) is 4.07. The lowest BCUT2D eigenvalue weighted by Crippen LogP contribution is -2.12. The van der Waals surface area contributed by atoms with Gasteiger partial charge < -0.3 is 14.6 Å². The van der Waals surface area contributed by atoms with Gasteiger partial charge in [0.25, 0.3) is 5.91 Å². The Balaban J connectivity index is 1.49. The number of hydrogen-bond donors (Lipinski definition) is 1. The molecular weight excluding hydrogens is 352 g/mol. The molecule has 2 aromatic carbocycles. The van der Waals surface area contributed by atoms with E-state index in [4.69, 9.17) is 4.74 Å². The maximum absolute atomic E-state index is 12.5. The van der Waals surface area contributed by atoms with Crippen LogP contribution in [0.25, 0.3) is 11.4 Å². The maximum atomic E-state index is 12.5. The van der Waals surface area contributed by atoms with E-state index in [1.807, 2.05) is 42.5 Å². The Bertz CT molecular complexity index is 963. The van der Waals surface area contributed by atoms with Crippen molar-refractivity contribution in [1.82, 2.24) is 14.8 Å². The van der Waals surface area contributed by atoms with Crippen molar-refractivity contribution in [1.29, 1.82) is 0 Å². The first-order valence-corrected chi connectivity index (χ1v) is 9.66. The van der Waals surface area contributed by atoms with Gasteiger partial charge >= 0.3 is 0 Å². The molecule has 4 rings (SSSR count). The van der Waals surface area contributed by atoms with Gasteiger partial charge in [0.2, 0.25) is 0 Å². The molecule has 3 aromatic rings. The van der Waals surface area contributed by atoms with E-state index in [1.165, 1.54) is 12.8 Å². The summed E-state index contributed by atoms with van der Waals surface area (Å²) in [5.74, 6) is 1.84. The van der Waals surface area contributed by atoms with Crippen LogP contribution in [0.3, 0.4) is 0 Å². The highest BCUT2D eigenvalue weighted by Crippen LogP contribution is 2.24. The molecule has 144 valence electrons. The standard InChI is InChI=1S/C22H24N4O2/c1-28-15-16-6-5-7-18(14-16)22(27)23-19-11-9-17(10-12-19)21-25-24-20-8-3-2-4-13-26(20)21/h5-7,9-12,14H,2-4,8,13,15H2,1H3,(H,23,27). The third kappa shape index (κ3) is 3.97. The van der Waals surface area contributed by atoms with Gasteiger partial charge in [-0.2, -0.15) is 0 Å². The summed E-state index contributed by atoms with van der Waals surface area (Å²) in [6.07, 6.45) is 4.56. The van der Waals surface area contributed by atoms with Crippen molar-refractivity contribution >= 4 is 11.6 Å². The highest BCUT2D eigenvalue weighted by molar-refractivity contribution is 6.04. The topological polar surface area (TPSA) is 69.0 Å². The third-order valence-corrected chi connectivity index (χ3v) is 5.01. The minimum absolute atomic E-state index is 0.137. The van der Waals surface area contributed by atoms with Crippen molar-refractivity contribution in [3.63, 3.8) is 0 Å². The van der Waals surface area contributed by atoms with Crippen molar-refractivity contribution in [3.8, 4) is 11.4 Å². The van der Waals surface area contributed by atoms with Crippen LogP contribution in [0.5, 0.6) is 0 Å². The lowest BCUT2D eigenvalue weighted by molar-refractivity contribution is 0.102. The van der Waals surface area contributed by atoms with Crippen molar-refractivity contribution in [3.05, 3.63) is 65.5 Å². The third-order valence-electron chi connectivity index (χ3n) is 5.01. The smallest absolute Gasteiger partial charge is 0.255 e. The van der Waals surface area contributed by atoms with Crippen molar-refractivity contribution < 1.29 is 9.53 Å². The van der Waals surface area contributed by atoms with Gasteiger partial charge in [-0.25, -0.2) is 0 Å². The molecule has 0 aliphatic carbocycles. The van der Waals surface area contributed by atoms with Gasteiger partial charge in [0, 0.05) is 36.9 Å². The van der Waals surface area contributed by atoms with E-state index in [0.717, 1.165) is 47.8 Å². The minimum Gasteiger partial charge on any atom is -0.380 e. The molecule has 2 heterocycles. The Morgan fingerprint density at radius 3 is 2.79 bits per heavy atom. The number of ether oxygens (including phenoxy) is 1. The zero-order valence-electron chi connectivity index (χ0n) is 16.0. The molecule has 0 bridgehead atoms. The molecule has 0 saturated heterocycles. The maximum Gasteiger partial charge on any atom is 0.255 e. The van der Waals surface area contributed by atoms with Gasteiger partial charge in [0.05, 0.1) is 6.61 Å². The first-order valence-electron chi connectivity index (χ1n) is 9.66. The van der Waals surface area contributed by atoms with Crippen LogP contribution >= 0.6 is 0 Å². The average Bonchev–Trinajstić information content (AvgIpc) is 2.97. The van der Waals surface area contributed by atoms with E-state index >= 15 is 0 Å². The summed E-state index contributed by atoms with van der Waals surface area (Å²) in [7, 11) is 1.64. The quantitative estimate of drug-likeness (QED) is 0.729. The first kappa shape index (κ1) is 18.4. The van der Waals surface area contributed by atoms with E-state index < -0.39 is 0 Å². The van der Waals surface area contributed by atoms with Crippen molar-refractivity contribution in [2.24, 2.45) is 0 Å². The van der Waals surface area contributed by atoms with Gasteiger partial charge in [-0.1, -0.05) is 18.6 Å². The number of aromatic nitrogens is 3. The second-order valence-electron chi connectivity index (χ2n) is 7.07. The number of carbonyl (C=O) groups is 1. The van der Waals surface area contributed by atoms with E-state index in [2.05, 4.69) is 20.1 Å². The highest BCUT2D eigenvalue weighted by Gasteiger charge is 2.16. The molecule has 28 heavy (non-hydrogen) atoms. The van der Waals surface area contributed by atoms with Gasteiger partial charge in [0.15, 0.2) is 5.82 Å². The molecule has 6 heteroatoms. The number of methoxy groups -OCH3 is 1. The fourth-order valence-corrected chi connectivity index (χ4v) is 3.57. The van der Waals surface area contributed by atoms with Crippen LogP contribution in [-0.2, 0) is 24.3 Å². The molecule has 6 nitrogen and oxygen atoms in total. The van der Waals surface area contributed by atoms with Crippen LogP contribution in [0.4, 0.5) is 5.69 Å². The molecule has 1 N–H and O–H groups in total. The van der Waals surface area contributed by atoms with Crippen molar-refractivity contribution in [2.45, 2.75) is 38.8 Å². The molecule has 0 spiro atoms. The number of anilines is 1. The molecule has 1 amide bonds. The molecule has 0 atom stereocenters. The largest absolute Gasteiger partial charge is 0.380 e. The number of fused-ring (bicyclic) bond motifs is 1. The number of nitrogens with one attached hydrogen (secondary N) is 1. The minimum atomic E-state index is -0.137. The number of carbonyl (C=O) groups excluding carboxylic acids is 1. The lowest BCUT2D eigenvalue weighted by Gasteiger charge is -2.09. The molecule has 1 aliphatic heterocycles. The Labute approximate surface area is 164 Å². The van der Waals surface area contributed by atoms with Crippen LogP contribution in [0.1, 0.15) is 41.0 Å². The van der Waals surface area contributed by atoms with E-state index in [0.29, 0.717) is 12.2 Å². The Hall–Kier alpha value is -2.99. The van der Waals surface area contributed by atoms with Gasteiger partial charge in [-0.15, -0.1) is 10.2 Å². The van der Waals surface area contributed by atoms with Gasteiger partial charge in [0.1, 0.15) is 5.82 Å². The molecule has 0 radical (unpaired) electrons. The van der Waals surface area contributed by atoms with Crippen LogP contribution in [-0.4, -0.2) is 27.8 Å². The Morgan fingerprint density at radius 1 is 1.11 bits per heavy atom. The molecule has 1 aliphatic rings. The Morgan fingerprint density at radius 2 is 1.96 bits per heavy atom.